The van der Waals surface area contributed by atoms with Crippen LogP contribution < -0.4 is 16.3 Å². The van der Waals surface area contributed by atoms with Gasteiger partial charge < -0.3 is 4.42 Å². The van der Waals surface area contributed by atoms with Gasteiger partial charge in [-0.05, 0) is 30.7 Å². The van der Waals surface area contributed by atoms with Crippen LogP contribution in [0.5, 0.6) is 0 Å². The fourth-order valence-corrected chi connectivity index (χ4v) is 2.29. The zero-order chi connectivity index (χ0) is 17.1. The number of nitrogens with one attached hydrogen (secondary N) is 2. The lowest BCUT2D eigenvalue weighted by Crippen LogP contribution is -2.42. The molecule has 6 heteroatoms. The molecular formula is C18H14N2O4. The van der Waals surface area contributed by atoms with Crippen LogP contribution in [-0.4, -0.2) is 11.8 Å². The molecule has 3 aromatic rings. The van der Waals surface area contributed by atoms with E-state index in [0.717, 1.165) is 11.6 Å². The third-order valence-electron chi connectivity index (χ3n) is 3.54. The first-order valence-electron chi connectivity index (χ1n) is 7.25. The highest BCUT2D eigenvalue weighted by Crippen LogP contribution is 2.11. The molecule has 0 unspecified atom stereocenters. The van der Waals surface area contributed by atoms with Crippen LogP contribution in [-0.2, 0) is 0 Å². The van der Waals surface area contributed by atoms with Gasteiger partial charge in [0.2, 0.25) is 0 Å². The SMILES string of the molecule is Cc1ccccc1C(=O)NNC(=O)c1cc(=O)c2ccccc2o1. The molecule has 0 radical (unpaired) electrons. The van der Waals surface area contributed by atoms with Gasteiger partial charge in [-0.3, -0.25) is 25.2 Å². The fourth-order valence-electron chi connectivity index (χ4n) is 2.29. The summed E-state index contributed by atoms with van der Waals surface area (Å²) in [7, 11) is 0. The second-order valence-corrected chi connectivity index (χ2v) is 5.19. The van der Waals surface area contributed by atoms with Crippen molar-refractivity contribution in [2.24, 2.45) is 0 Å². The smallest absolute Gasteiger partial charge is 0.305 e. The summed E-state index contributed by atoms with van der Waals surface area (Å²) in [6, 6.07) is 14.7. The molecule has 24 heavy (non-hydrogen) atoms. The van der Waals surface area contributed by atoms with Gasteiger partial charge in [-0.1, -0.05) is 30.3 Å². The molecule has 2 N–H and O–H groups in total. The van der Waals surface area contributed by atoms with E-state index in [1.165, 1.54) is 0 Å². The molecule has 6 nitrogen and oxygen atoms in total. The Bertz CT molecular complexity index is 991. The number of rotatable bonds is 2. The van der Waals surface area contributed by atoms with Gasteiger partial charge in [0.1, 0.15) is 5.58 Å². The molecule has 0 aliphatic rings. The molecule has 120 valence electrons. The Morgan fingerprint density at radius 2 is 1.58 bits per heavy atom. The van der Waals surface area contributed by atoms with E-state index in [0.29, 0.717) is 16.5 Å². The number of aryl methyl sites for hydroxylation is 1. The zero-order valence-electron chi connectivity index (χ0n) is 12.8. The summed E-state index contributed by atoms with van der Waals surface area (Å²) in [6.45, 7) is 1.79. The quantitative estimate of drug-likeness (QED) is 0.708. The van der Waals surface area contributed by atoms with Crippen molar-refractivity contribution in [1.29, 1.82) is 0 Å². The van der Waals surface area contributed by atoms with Gasteiger partial charge in [-0.15, -0.1) is 0 Å². The van der Waals surface area contributed by atoms with Gasteiger partial charge in [0.05, 0.1) is 5.39 Å². The third kappa shape index (κ3) is 3.03. The molecule has 0 atom stereocenters. The average Bonchev–Trinajstić information content (AvgIpc) is 2.59. The van der Waals surface area contributed by atoms with Gasteiger partial charge in [-0.2, -0.15) is 0 Å². The molecule has 0 saturated heterocycles. The maximum absolute atomic E-state index is 12.1. The molecule has 2 aromatic carbocycles. The topological polar surface area (TPSA) is 88.4 Å². The molecule has 0 aliphatic heterocycles. The summed E-state index contributed by atoms with van der Waals surface area (Å²) < 4.78 is 5.40. The van der Waals surface area contributed by atoms with E-state index < -0.39 is 11.8 Å². The van der Waals surface area contributed by atoms with Crippen molar-refractivity contribution >= 4 is 22.8 Å². The first-order chi connectivity index (χ1) is 11.6. The van der Waals surface area contributed by atoms with Crippen LogP contribution in [0.15, 0.2) is 63.8 Å². The van der Waals surface area contributed by atoms with E-state index in [9.17, 15) is 14.4 Å². The predicted octanol–water partition coefficient (Wildman–Crippen LogP) is 2.18. The Morgan fingerprint density at radius 1 is 0.917 bits per heavy atom. The minimum atomic E-state index is -0.709. The summed E-state index contributed by atoms with van der Waals surface area (Å²) in [5.41, 5.74) is 5.75. The normalized spacial score (nSPS) is 10.4. The first-order valence-corrected chi connectivity index (χ1v) is 7.25. The summed E-state index contributed by atoms with van der Waals surface area (Å²) in [5, 5.41) is 0.387. The maximum atomic E-state index is 12.1. The van der Waals surface area contributed by atoms with Crippen LogP contribution >= 0.6 is 0 Å². The van der Waals surface area contributed by atoms with Crippen LogP contribution in [0.2, 0.25) is 0 Å². The first kappa shape index (κ1) is 15.5. The Balaban J connectivity index is 1.77. The number of amides is 2. The standard InChI is InChI=1S/C18H14N2O4/c1-11-6-2-3-7-12(11)17(22)19-20-18(23)16-10-14(21)13-8-4-5-9-15(13)24-16/h2-10H,1H3,(H,19,22)(H,20,23). The number of hydrazine groups is 1. The van der Waals surface area contributed by atoms with Crippen LogP contribution in [0.25, 0.3) is 11.0 Å². The minimum Gasteiger partial charge on any atom is -0.451 e. The molecule has 3 rings (SSSR count). The summed E-state index contributed by atoms with van der Waals surface area (Å²) >= 11 is 0. The minimum absolute atomic E-state index is 0.177. The molecular weight excluding hydrogens is 308 g/mol. The number of carbonyl (C=O) groups excluding carboxylic acids is 2. The second-order valence-electron chi connectivity index (χ2n) is 5.19. The molecule has 0 saturated carbocycles. The van der Waals surface area contributed by atoms with Crippen molar-refractivity contribution in [2.75, 3.05) is 0 Å². The molecule has 0 fully saturated rings. The average molecular weight is 322 g/mol. The van der Waals surface area contributed by atoms with E-state index in [2.05, 4.69) is 10.9 Å². The second kappa shape index (κ2) is 6.37. The Morgan fingerprint density at radius 3 is 2.38 bits per heavy atom. The van der Waals surface area contributed by atoms with Crippen LogP contribution in [0.1, 0.15) is 26.5 Å². The number of hydrogen-bond donors (Lipinski definition) is 2. The van der Waals surface area contributed by atoms with E-state index in [1.54, 1.807) is 49.4 Å². The van der Waals surface area contributed by atoms with Gasteiger partial charge in [0.25, 0.3) is 5.91 Å². The van der Waals surface area contributed by atoms with Crippen LogP contribution in [0, 0.1) is 6.92 Å². The van der Waals surface area contributed by atoms with E-state index in [1.807, 2.05) is 6.07 Å². The molecule has 0 aliphatic carbocycles. The van der Waals surface area contributed by atoms with Gasteiger partial charge in [0.15, 0.2) is 11.2 Å². The number of carbonyl (C=O) groups is 2. The number of fused-ring (bicyclic) bond motifs is 1. The predicted molar refractivity (Wildman–Crippen MR) is 88.6 cm³/mol. The van der Waals surface area contributed by atoms with E-state index in [-0.39, 0.29) is 11.2 Å². The van der Waals surface area contributed by atoms with Gasteiger partial charge in [-0.25, -0.2) is 0 Å². The molecule has 1 heterocycles. The van der Waals surface area contributed by atoms with Crippen molar-refractivity contribution in [2.45, 2.75) is 6.92 Å². The molecule has 0 spiro atoms. The third-order valence-corrected chi connectivity index (χ3v) is 3.54. The lowest BCUT2D eigenvalue weighted by Gasteiger charge is -2.08. The van der Waals surface area contributed by atoms with E-state index in [4.69, 9.17) is 4.42 Å². The Kier molecular flexibility index (Phi) is 4.11. The zero-order valence-corrected chi connectivity index (χ0v) is 12.8. The molecule has 0 bridgehead atoms. The Hall–Kier alpha value is -3.41. The maximum Gasteiger partial charge on any atom is 0.305 e. The summed E-state index contributed by atoms with van der Waals surface area (Å²) in [6.07, 6.45) is 0. The highest BCUT2D eigenvalue weighted by Gasteiger charge is 2.14. The number of para-hydroxylation sites is 1. The molecule has 1 aromatic heterocycles. The van der Waals surface area contributed by atoms with Crippen molar-refractivity contribution in [1.82, 2.24) is 10.9 Å². The fraction of sp³-hybridized carbons (Fsp3) is 0.0556. The lowest BCUT2D eigenvalue weighted by atomic mass is 10.1. The monoisotopic (exact) mass is 322 g/mol. The summed E-state index contributed by atoms with van der Waals surface area (Å²) in [5.74, 6) is -1.34. The number of hydrogen-bond acceptors (Lipinski definition) is 4. The Labute approximate surface area is 137 Å². The van der Waals surface area contributed by atoms with Gasteiger partial charge >= 0.3 is 5.91 Å². The molecule has 2 amide bonds. The highest BCUT2D eigenvalue weighted by atomic mass is 16.3. The lowest BCUT2D eigenvalue weighted by molar-refractivity contribution is 0.0831. The van der Waals surface area contributed by atoms with Crippen LogP contribution in [0.4, 0.5) is 0 Å². The summed E-state index contributed by atoms with van der Waals surface area (Å²) in [4.78, 5) is 36.1. The highest BCUT2D eigenvalue weighted by molar-refractivity contribution is 5.99. The van der Waals surface area contributed by atoms with E-state index >= 15 is 0 Å². The van der Waals surface area contributed by atoms with Crippen molar-refractivity contribution in [3.63, 3.8) is 0 Å². The van der Waals surface area contributed by atoms with Crippen molar-refractivity contribution in [3.8, 4) is 0 Å². The van der Waals surface area contributed by atoms with Crippen LogP contribution in [0.3, 0.4) is 0 Å². The van der Waals surface area contributed by atoms with Crippen molar-refractivity contribution in [3.05, 3.63) is 81.7 Å². The number of benzene rings is 2. The largest absolute Gasteiger partial charge is 0.451 e. The van der Waals surface area contributed by atoms with Crippen molar-refractivity contribution < 1.29 is 14.0 Å². The van der Waals surface area contributed by atoms with Gasteiger partial charge in [0, 0.05) is 11.6 Å².